The number of benzene rings is 1. The van der Waals surface area contributed by atoms with Crippen LogP contribution in [0.15, 0.2) is 36.4 Å². The number of ketones is 1. The summed E-state index contributed by atoms with van der Waals surface area (Å²) in [5.41, 5.74) is 0.949. The van der Waals surface area contributed by atoms with E-state index >= 15 is 0 Å². The number of ether oxygens (including phenoxy) is 1. The average molecular weight is 259 g/mol. The third kappa shape index (κ3) is 2.98. The van der Waals surface area contributed by atoms with Gasteiger partial charge in [0.1, 0.15) is 5.75 Å². The Bertz CT molecular complexity index is 482. The lowest BCUT2D eigenvalue weighted by Crippen LogP contribution is -2.37. The van der Waals surface area contributed by atoms with Gasteiger partial charge in [0.15, 0.2) is 5.78 Å². The average Bonchev–Trinajstić information content (AvgIpc) is 2.71. The van der Waals surface area contributed by atoms with Crippen molar-refractivity contribution >= 4 is 11.5 Å². The zero-order valence-electron chi connectivity index (χ0n) is 11.9. The second kappa shape index (κ2) is 5.08. The molecule has 0 saturated heterocycles. The predicted octanol–water partition coefficient (Wildman–Crippen LogP) is 3.28. The van der Waals surface area contributed by atoms with Crippen molar-refractivity contribution < 1.29 is 9.53 Å². The van der Waals surface area contributed by atoms with Gasteiger partial charge in [0.2, 0.25) is 0 Å². The molecule has 1 aliphatic rings. The predicted molar refractivity (Wildman–Crippen MR) is 77.5 cm³/mol. The first kappa shape index (κ1) is 13.7. The molecule has 1 N–H and O–H groups in total. The molecule has 0 unspecified atom stereocenters. The molecule has 0 bridgehead atoms. The molecule has 3 nitrogen and oxygen atoms in total. The van der Waals surface area contributed by atoms with Gasteiger partial charge in [-0.15, -0.1) is 0 Å². The number of hydrogen-bond acceptors (Lipinski definition) is 3. The Morgan fingerprint density at radius 2 is 1.79 bits per heavy atom. The van der Waals surface area contributed by atoms with E-state index in [1.807, 2.05) is 30.3 Å². The van der Waals surface area contributed by atoms with Crippen LogP contribution in [0.25, 0.3) is 0 Å². The highest BCUT2D eigenvalue weighted by Gasteiger charge is 2.39. The van der Waals surface area contributed by atoms with Crippen LogP contribution in [-0.4, -0.2) is 18.9 Å². The molecule has 102 valence electrons. The molecule has 0 spiro atoms. The maximum Gasteiger partial charge on any atom is 0.161 e. The topological polar surface area (TPSA) is 38.3 Å². The van der Waals surface area contributed by atoms with Crippen LogP contribution in [0, 0.1) is 11.3 Å². The van der Waals surface area contributed by atoms with Crippen LogP contribution in [-0.2, 0) is 4.79 Å². The molecule has 0 fully saturated rings. The van der Waals surface area contributed by atoms with Crippen LogP contribution >= 0.6 is 0 Å². The molecule has 1 aliphatic carbocycles. The van der Waals surface area contributed by atoms with Crippen molar-refractivity contribution in [1.82, 2.24) is 0 Å². The largest absolute Gasteiger partial charge is 0.497 e. The van der Waals surface area contributed by atoms with Crippen molar-refractivity contribution in [1.29, 1.82) is 0 Å². The quantitative estimate of drug-likeness (QED) is 0.905. The van der Waals surface area contributed by atoms with Crippen molar-refractivity contribution in [2.45, 2.75) is 26.8 Å². The fourth-order valence-corrected chi connectivity index (χ4v) is 2.57. The van der Waals surface area contributed by atoms with Gasteiger partial charge in [0.25, 0.3) is 0 Å². The van der Waals surface area contributed by atoms with E-state index in [-0.39, 0.29) is 23.2 Å². The van der Waals surface area contributed by atoms with Gasteiger partial charge < -0.3 is 10.1 Å². The number of allylic oxidation sites excluding steroid dienone is 1. The highest BCUT2D eigenvalue weighted by atomic mass is 16.5. The first-order chi connectivity index (χ1) is 8.91. The lowest BCUT2D eigenvalue weighted by Gasteiger charge is -2.31. The number of carbonyl (C=O) groups is 1. The van der Waals surface area contributed by atoms with Gasteiger partial charge >= 0.3 is 0 Å². The zero-order valence-corrected chi connectivity index (χ0v) is 11.9. The summed E-state index contributed by atoms with van der Waals surface area (Å²) in [5.74, 6) is 1.02. The van der Waals surface area contributed by atoms with Gasteiger partial charge in [0.05, 0.1) is 19.1 Å². The first-order valence-electron chi connectivity index (χ1n) is 6.54. The number of nitrogens with one attached hydrogen (secondary N) is 1. The Morgan fingerprint density at radius 3 is 2.32 bits per heavy atom. The SMILES string of the molecule is COc1ccc(N[C@H]2C=CC(=O)[C@@H]2C(C)(C)C)cc1. The fourth-order valence-electron chi connectivity index (χ4n) is 2.57. The minimum Gasteiger partial charge on any atom is -0.497 e. The van der Waals surface area contributed by atoms with Gasteiger partial charge in [-0.2, -0.15) is 0 Å². The standard InChI is InChI=1S/C16H21NO2/c1-16(2,3)15-13(9-10-14(15)18)17-11-5-7-12(19-4)8-6-11/h5-10,13,15,17H,1-4H3/t13-,15+/m0/s1. The van der Waals surface area contributed by atoms with Gasteiger partial charge in [-0.25, -0.2) is 0 Å². The molecule has 1 aromatic carbocycles. The highest BCUT2D eigenvalue weighted by Crippen LogP contribution is 2.35. The van der Waals surface area contributed by atoms with E-state index in [2.05, 4.69) is 26.1 Å². The van der Waals surface area contributed by atoms with Crippen molar-refractivity contribution in [2.75, 3.05) is 12.4 Å². The normalized spacial score (nSPS) is 22.6. The maximum atomic E-state index is 12.0. The smallest absolute Gasteiger partial charge is 0.161 e. The number of rotatable bonds is 3. The molecule has 0 radical (unpaired) electrons. The van der Waals surface area contributed by atoms with Crippen molar-refractivity contribution in [2.24, 2.45) is 11.3 Å². The molecule has 0 amide bonds. The summed E-state index contributed by atoms with van der Waals surface area (Å²) < 4.78 is 5.14. The summed E-state index contributed by atoms with van der Waals surface area (Å²) in [6, 6.07) is 7.81. The van der Waals surface area contributed by atoms with Crippen molar-refractivity contribution in [3.63, 3.8) is 0 Å². The molecule has 0 heterocycles. The van der Waals surface area contributed by atoms with E-state index in [0.717, 1.165) is 11.4 Å². The summed E-state index contributed by atoms with van der Waals surface area (Å²) in [4.78, 5) is 12.0. The summed E-state index contributed by atoms with van der Waals surface area (Å²) in [5, 5.41) is 3.42. The summed E-state index contributed by atoms with van der Waals surface area (Å²) >= 11 is 0. The minimum atomic E-state index is -0.0509. The lowest BCUT2D eigenvalue weighted by molar-refractivity contribution is -0.120. The molecular formula is C16H21NO2. The van der Waals surface area contributed by atoms with E-state index in [1.165, 1.54) is 0 Å². The molecule has 0 saturated carbocycles. The summed E-state index contributed by atoms with van der Waals surface area (Å²) in [6.07, 6.45) is 3.65. The van der Waals surface area contributed by atoms with E-state index in [4.69, 9.17) is 4.74 Å². The Kier molecular flexibility index (Phi) is 3.65. The second-order valence-corrected chi connectivity index (χ2v) is 6.00. The van der Waals surface area contributed by atoms with Crippen LogP contribution in [0.2, 0.25) is 0 Å². The maximum absolute atomic E-state index is 12.0. The Morgan fingerprint density at radius 1 is 1.16 bits per heavy atom. The fraction of sp³-hybridized carbons (Fsp3) is 0.438. The molecule has 19 heavy (non-hydrogen) atoms. The van der Waals surface area contributed by atoms with Crippen LogP contribution in [0.4, 0.5) is 5.69 Å². The van der Waals surface area contributed by atoms with E-state index in [1.54, 1.807) is 13.2 Å². The van der Waals surface area contributed by atoms with Crippen LogP contribution in [0.1, 0.15) is 20.8 Å². The van der Waals surface area contributed by atoms with Gasteiger partial charge in [0, 0.05) is 5.69 Å². The zero-order chi connectivity index (χ0) is 14.0. The molecule has 2 rings (SSSR count). The van der Waals surface area contributed by atoms with E-state index < -0.39 is 0 Å². The Labute approximate surface area is 114 Å². The van der Waals surface area contributed by atoms with Crippen molar-refractivity contribution in [3.8, 4) is 5.75 Å². The Balaban J connectivity index is 2.13. The van der Waals surface area contributed by atoms with Crippen LogP contribution in [0.3, 0.4) is 0 Å². The number of hydrogen-bond donors (Lipinski definition) is 1. The molecule has 0 aliphatic heterocycles. The van der Waals surface area contributed by atoms with Crippen LogP contribution < -0.4 is 10.1 Å². The molecule has 1 aromatic rings. The number of anilines is 1. The number of methoxy groups -OCH3 is 1. The first-order valence-corrected chi connectivity index (χ1v) is 6.54. The van der Waals surface area contributed by atoms with Gasteiger partial charge in [-0.05, 0) is 35.8 Å². The van der Waals surface area contributed by atoms with Gasteiger partial charge in [-0.3, -0.25) is 4.79 Å². The Hall–Kier alpha value is -1.77. The molecule has 2 atom stereocenters. The van der Waals surface area contributed by atoms with Crippen LogP contribution in [0.5, 0.6) is 5.75 Å². The van der Waals surface area contributed by atoms with E-state index in [9.17, 15) is 4.79 Å². The highest BCUT2D eigenvalue weighted by molar-refractivity contribution is 5.96. The van der Waals surface area contributed by atoms with E-state index in [0.29, 0.717) is 0 Å². The number of carbonyl (C=O) groups excluding carboxylic acids is 1. The monoisotopic (exact) mass is 259 g/mol. The minimum absolute atomic E-state index is 0.0189. The summed E-state index contributed by atoms with van der Waals surface area (Å²) in [7, 11) is 1.65. The second-order valence-electron chi connectivity index (χ2n) is 6.00. The third-order valence-electron chi connectivity index (χ3n) is 3.49. The lowest BCUT2D eigenvalue weighted by atomic mass is 9.76. The molecule has 0 aromatic heterocycles. The summed E-state index contributed by atoms with van der Waals surface area (Å²) in [6.45, 7) is 6.31. The molecular weight excluding hydrogens is 238 g/mol. The van der Waals surface area contributed by atoms with Crippen molar-refractivity contribution in [3.05, 3.63) is 36.4 Å². The van der Waals surface area contributed by atoms with Gasteiger partial charge in [-0.1, -0.05) is 26.8 Å². The molecule has 3 heteroatoms. The third-order valence-corrected chi connectivity index (χ3v) is 3.49.